The molecule has 6 heteroatoms. The molecular formula is C13H16NO4S-. The maximum atomic E-state index is 11.4. The van der Waals surface area contributed by atoms with Crippen LogP contribution in [-0.2, 0) is 22.6 Å². The van der Waals surface area contributed by atoms with Gasteiger partial charge < -0.3 is 20.0 Å². The van der Waals surface area contributed by atoms with Crippen molar-refractivity contribution in [3.63, 3.8) is 0 Å². The van der Waals surface area contributed by atoms with Gasteiger partial charge in [-0.2, -0.15) is 0 Å². The molecule has 0 saturated carbocycles. The summed E-state index contributed by atoms with van der Waals surface area (Å²) in [6, 6.07) is 0. The molecule has 0 saturated heterocycles. The van der Waals surface area contributed by atoms with E-state index in [-0.39, 0.29) is 11.5 Å². The van der Waals surface area contributed by atoms with E-state index in [0.29, 0.717) is 24.4 Å². The zero-order chi connectivity index (χ0) is 14.2. The molecule has 0 aliphatic carbocycles. The van der Waals surface area contributed by atoms with Crippen LogP contribution in [-0.4, -0.2) is 17.5 Å². The van der Waals surface area contributed by atoms with Gasteiger partial charge >= 0.3 is 0 Å². The summed E-state index contributed by atoms with van der Waals surface area (Å²) in [5.74, 6) is -1.46. The van der Waals surface area contributed by atoms with E-state index in [1.807, 2.05) is 13.8 Å². The average molecular weight is 282 g/mol. The predicted octanol–water partition coefficient (Wildman–Crippen LogP) is 1.31. The van der Waals surface area contributed by atoms with E-state index in [1.165, 1.54) is 11.3 Å². The second-order valence-electron chi connectivity index (χ2n) is 5.12. The Bertz CT molecular complexity index is 533. The molecule has 104 valence electrons. The summed E-state index contributed by atoms with van der Waals surface area (Å²) in [6.45, 7) is 5.91. The van der Waals surface area contributed by atoms with Crippen molar-refractivity contribution in [2.24, 2.45) is 0 Å². The Labute approximate surface area is 115 Å². The van der Waals surface area contributed by atoms with Gasteiger partial charge in [-0.1, -0.05) is 6.92 Å². The number of fused-ring (bicyclic) bond motifs is 1. The predicted molar refractivity (Wildman–Crippen MR) is 70.1 cm³/mol. The van der Waals surface area contributed by atoms with Crippen molar-refractivity contribution >= 4 is 28.2 Å². The average Bonchev–Trinajstić information content (AvgIpc) is 2.64. The van der Waals surface area contributed by atoms with Crippen LogP contribution in [0, 0.1) is 0 Å². The lowest BCUT2D eigenvalue weighted by Crippen LogP contribution is -2.33. The third-order valence-electron chi connectivity index (χ3n) is 3.07. The lowest BCUT2D eigenvalue weighted by Gasteiger charge is -2.30. The number of amides is 1. The second kappa shape index (κ2) is 4.94. The Morgan fingerprint density at radius 1 is 1.47 bits per heavy atom. The van der Waals surface area contributed by atoms with Gasteiger partial charge in [-0.05, 0) is 19.4 Å². The minimum atomic E-state index is -1.25. The molecule has 0 fully saturated rings. The quantitative estimate of drug-likeness (QED) is 0.906. The van der Waals surface area contributed by atoms with E-state index >= 15 is 0 Å². The highest BCUT2D eigenvalue weighted by atomic mass is 32.1. The molecule has 1 aromatic heterocycles. The van der Waals surface area contributed by atoms with Crippen LogP contribution < -0.4 is 10.4 Å². The first kappa shape index (κ1) is 14.0. The van der Waals surface area contributed by atoms with Gasteiger partial charge in [0.05, 0.1) is 18.2 Å². The number of carbonyl (C=O) groups excluding carboxylic acids is 2. The molecule has 1 aromatic rings. The molecule has 0 atom stereocenters. The Morgan fingerprint density at radius 3 is 2.74 bits per heavy atom. The zero-order valence-corrected chi connectivity index (χ0v) is 12.0. The number of hydrogen-bond donors (Lipinski definition) is 1. The van der Waals surface area contributed by atoms with Gasteiger partial charge in [0.1, 0.15) is 5.00 Å². The van der Waals surface area contributed by atoms with E-state index in [1.54, 1.807) is 6.92 Å². The first-order valence-corrected chi connectivity index (χ1v) is 6.95. The van der Waals surface area contributed by atoms with Crippen molar-refractivity contribution in [3.8, 4) is 0 Å². The molecule has 19 heavy (non-hydrogen) atoms. The molecule has 0 unspecified atom stereocenters. The Hall–Kier alpha value is -1.40. The minimum absolute atomic E-state index is 0.109. The molecule has 1 amide bonds. The van der Waals surface area contributed by atoms with Crippen molar-refractivity contribution in [2.75, 3.05) is 5.32 Å². The van der Waals surface area contributed by atoms with Crippen LogP contribution in [0.3, 0.4) is 0 Å². The number of anilines is 1. The molecule has 2 heterocycles. The van der Waals surface area contributed by atoms with Gasteiger partial charge in [-0.15, -0.1) is 11.3 Å². The molecule has 2 rings (SSSR count). The summed E-state index contributed by atoms with van der Waals surface area (Å²) in [4.78, 5) is 23.6. The number of carbonyl (C=O) groups is 2. The van der Waals surface area contributed by atoms with Crippen LogP contribution in [0.4, 0.5) is 5.00 Å². The van der Waals surface area contributed by atoms with E-state index < -0.39 is 11.6 Å². The van der Waals surface area contributed by atoms with Crippen LogP contribution >= 0.6 is 11.3 Å². The monoisotopic (exact) mass is 282 g/mol. The summed E-state index contributed by atoms with van der Waals surface area (Å²) in [5, 5.41) is 14.3. The molecule has 0 aromatic carbocycles. The van der Waals surface area contributed by atoms with E-state index in [4.69, 9.17) is 4.74 Å². The standard InChI is InChI=1S/C13H17NO4S/c1-4-9(15)14-11-10(12(16)17)7-5-13(2,3)18-6-8(7)19-11/h4-6H2,1-3H3,(H,14,15)(H,16,17)/p-1. The van der Waals surface area contributed by atoms with E-state index in [0.717, 1.165) is 10.4 Å². The Balaban J connectivity index is 2.44. The summed E-state index contributed by atoms with van der Waals surface area (Å²) in [7, 11) is 0. The highest BCUT2D eigenvalue weighted by Gasteiger charge is 2.31. The maximum absolute atomic E-state index is 11.4. The second-order valence-corrected chi connectivity index (χ2v) is 6.23. The summed E-state index contributed by atoms with van der Waals surface area (Å²) in [5.41, 5.74) is 0.440. The molecule has 5 nitrogen and oxygen atoms in total. The van der Waals surface area contributed by atoms with Gasteiger partial charge in [0.2, 0.25) is 5.91 Å². The highest BCUT2D eigenvalue weighted by molar-refractivity contribution is 7.17. The largest absolute Gasteiger partial charge is 0.545 e. The minimum Gasteiger partial charge on any atom is -0.545 e. The lowest BCUT2D eigenvalue weighted by molar-refractivity contribution is -0.255. The maximum Gasteiger partial charge on any atom is 0.224 e. The van der Waals surface area contributed by atoms with Crippen molar-refractivity contribution in [2.45, 2.75) is 45.8 Å². The normalized spacial score (nSPS) is 16.8. The smallest absolute Gasteiger partial charge is 0.224 e. The third-order valence-corrected chi connectivity index (χ3v) is 4.19. The number of rotatable bonds is 3. The molecule has 1 aliphatic heterocycles. The number of thiophene rings is 1. The summed E-state index contributed by atoms with van der Waals surface area (Å²) in [6.07, 6.45) is 0.807. The number of ether oxygens (including phenoxy) is 1. The first-order chi connectivity index (χ1) is 8.84. The first-order valence-electron chi connectivity index (χ1n) is 6.13. The van der Waals surface area contributed by atoms with Crippen LogP contribution in [0.1, 0.15) is 48.0 Å². The number of nitrogens with one attached hydrogen (secondary N) is 1. The van der Waals surface area contributed by atoms with E-state index in [2.05, 4.69) is 5.32 Å². The topological polar surface area (TPSA) is 78.5 Å². The van der Waals surface area contributed by atoms with Crippen LogP contribution in [0.5, 0.6) is 0 Å². The SMILES string of the molecule is CCC(=O)Nc1sc2c(c1C(=O)[O-])CC(C)(C)OC2. The summed E-state index contributed by atoms with van der Waals surface area (Å²) >= 11 is 1.26. The number of carboxylic acids is 1. The Morgan fingerprint density at radius 2 is 2.16 bits per heavy atom. The van der Waals surface area contributed by atoms with Gasteiger partial charge in [0.25, 0.3) is 0 Å². The molecule has 0 spiro atoms. The lowest BCUT2D eigenvalue weighted by atomic mass is 9.93. The number of aromatic carboxylic acids is 1. The Kier molecular flexibility index (Phi) is 3.64. The highest BCUT2D eigenvalue weighted by Crippen LogP contribution is 2.40. The molecule has 1 aliphatic rings. The number of carboxylic acid groups (broad SMARTS) is 1. The van der Waals surface area contributed by atoms with Gasteiger partial charge in [0.15, 0.2) is 0 Å². The molecular weight excluding hydrogens is 266 g/mol. The van der Waals surface area contributed by atoms with Gasteiger partial charge in [0, 0.05) is 23.3 Å². The number of hydrogen-bond acceptors (Lipinski definition) is 5. The van der Waals surface area contributed by atoms with Crippen molar-refractivity contribution in [1.82, 2.24) is 0 Å². The molecule has 0 bridgehead atoms. The van der Waals surface area contributed by atoms with Gasteiger partial charge in [-0.25, -0.2) is 0 Å². The fourth-order valence-electron chi connectivity index (χ4n) is 2.07. The van der Waals surface area contributed by atoms with Crippen LogP contribution in [0.25, 0.3) is 0 Å². The molecule has 0 radical (unpaired) electrons. The summed E-state index contributed by atoms with van der Waals surface area (Å²) < 4.78 is 5.66. The van der Waals surface area contributed by atoms with Gasteiger partial charge in [-0.3, -0.25) is 4.79 Å². The van der Waals surface area contributed by atoms with Crippen LogP contribution in [0.2, 0.25) is 0 Å². The third kappa shape index (κ3) is 2.79. The van der Waals surface area contributed by atoms with Crippen molar-refractivity contribution in [1.29, 1.82) is 0 Å². The fraction of sp³-hybridized carbons (Fsp3) is 0.538. The fourth-order valence-corrected chi connectivity index (χ4v) is 3.21. The van der Waals surface area contributed by atoms with E-state index in [9.17, 15) is 14.7 Å². The zero-order valence-electron chi connectivity index (χ0n) is 11.2. The van der Waals surface area contributed by atoms with Crippen LogP contribution in [0.15, 0.2) is 0 Å². The molecule has 1 N–H and O–H groups in total. The van der Waals surface area contributed by atoms with Crippen molar-refractivity contribution in [3.05, 3.63) is 16.0 Å². The van der Waals surface area contributed by atoms with Crippen molar-refractivity contribution < 1.29 is 19.4 Å².